The first-order valence-electron chi connectivity index (χ1n) is 6.84. The molecule has 1 aromatic carbocycles. The average Bonchev–Trinajstić information content (AvgIpc) is 2.26. The summed E-state index contributed by atoms with van der Waals surface area (Å²) < 4.78 is 13.0. The van der Waals surface area contributed by atoms with Gasteiger partial charge in [0.25, 0.3) is 0 Å². The van der Waals surface area contributed by atoms with Gasteiger partial charge in [-0.15, -0.1) is 0 Å². The Balaban J connectivity index is 1.99. The second-order valence-corrected chi connectivity index (χ2v) is 5.78. The molecule has 1 saturated carbocycles. The number of likely N-dealkylation sites (N-methyl/N-ethyl adjacent to an activating group) is 1. The maximum atomic E-state index is 13.0. The smallest absolute Gasteiger partial charge is 0.126 e. The van der Waals surface area contributed by atoms with Crippen LogP contribution in [0.3, 0.4) is 0 Å². The van der Waals surface area contributed by atoms with Gasteiger partial charge < -0.3 is 15.3 Å². The van der Waals surface area contributed by atoms with Crippen molar-refractivity contribution in [3.8, 4) is 5.75 Å². The lowest BCUT2D eigenvalue weighted by molar-refractivity contribution is 0.0575. The molecular formula is C15H23FN2O. The van der Waals surface area contributed by atoms with Gasteiger partial charge in [-0.25, -0.2) is 4.39 Å². The Morgan fingerprint density at radius 2 is 2.11 bits per heavy atom. The molecule has 1 fully saturated rings. The lowest BCUT2D eigenvalue weighted by Crippen LogP contribution is -2.56. The van der Waals surface area contributed by atoms with Crippen molar-refractivity contribution in [2.75, 3.05) is 20.6 Å². The van der Waals surface area contributed by atoms with Crippen molar-refractivity contribution in [3.05, 3.63) is 29.6 Å². The fourth-order valence-electron chi connectivity index (χ4n) is 2.70. The van der Waals surface area contributed by atoms with E-state index in [4.69, 9.17) is 0 Å². The van der Waals surface area contributed by atoms with E-state index in [2.05, 4.69) is 24.3 Å². The van der Waals surface area contributed by atoms with Crippen LogP contribution in [0.25, 0.3) is 0 Å². The number of hydrogen-bond acceptors (Lipinski definition) is 3. The van der Waals surface area contributed by atoms with Crippen LogP contribution in [0.2, 0.25) is 0 Å². The summed E-state index contributed by atoms with van der Waals surface area (Å²) >= 11 is 0. The number of benzene rings is 1. The van der Waals surface area contributed by atoms with Gasteiger partial charge in [0.2, 0.25) is 0 Å². The molecule has 1 unspecified atom stereocenters. The maximum absolute atomic E-state index is 13.0. The van der Waals surface area contributed by atoms with Crippen molar-refractivity contribution < 1.29 is 9.50 Å². The number of hydrogen-bond donors (Lipinski definition) is 2. The summed E-state index contributed by atoms with van der Waals surface area (Å²) in [5, 5.41) is 13.2. The zero-order valence-corrected chi connectivity index (χ0v) is 11.9. The third-order valence-electron chi connectivity index (χ3n) is 4.43. The highest BCUT2D eigenvalue weighted by molar-refractivity contribution is 5.34. The fourth-order valence-corrected chi connectivity index (χ4v) is 2.70. The van der Waals surface area contributed by atoms with Gasteiger partial charge in [-0.3, -0.25) is 0 Å². The number of nitrogens with zero attached hydrogens (tertiary/aromatic N) is 1. The second kappa shape index (κ2) is 5.47. The zero-order chi connectivity index (χ0) is 14.0. The fraction of sp³-hybridized carbons (Fsp3) is 0.600. The van der Waals surface area contributed by atoms with E-state index in [9.17, 15) is 9.50 Å². The van der Waals surface area contributed by atoms with Gasteiger partial charge in [-0.2, -0.15) is 0 Å². The van der Waals surface area contributed by atoms with Crippen LogP contribution in [0.1, 0.15) is 37.8 Å². The minimum Gasteiger partial charge on any atom is -0.508 e. The highest BCUT2D eigenvalue weighted by Gasteiger charge is 2.38. The topological polar surface area (TPSA) is 35.5 Å². The summed E-state index contributed by atoms with van der Waals surface area (Å²) in [5.74, 6) is -0.385. The number of rotatable bonds is 5. The van der Waals surface area contributed by atoms with E-state index in [1.807, 2.05) is 6.92 Å². The Kier molecular flexibility index (Phi) is 4.11. The van der Waals surface area contributed by atoms with Gasteiger partial charge in [0, 0.05) is 29.8 Å². The predicted molar refractivity (Wildman–Crippen MR) is 74.8 cm³/mol. The van der Waals surface area contributed by atoms with Crippen LogP contribution in [0, 0.1) is 5.82 Å². The van der Waals surface area contributed by atoms with Crippen LogP contribution in [-0.4, -0.2) is 36.2 Å². The lowest BCUT2D eigenvalue weighted by Gasteiger charge is -2.48. The molecule has 0 spiro atoms. The molecule has 1 aromatic rings. The van der Waals surface area contributed by atoms with Crippen LogP contribution in [0.15, 0.2) is 18.2 Å². The van der Waals surface area contributed by atoms with Crippen molar-refractivity contribution in [1.82, 2.24) is 10.2 Å². The summed E-state index contributed by atoms with van der Waals surface area (Å²) in [6.45, 7) is 2.88. The molecule has 0 amide bonds. The number of aromatic hydroxyl groups is 1. The van der Waals surface area contributed by atoms with Gasteiger partial charge in [0.05, 0.1) is 0 Å². The highest BCUT2D eigenvalue weighted by Crippen LogP contribution is 2.36. The third-order valence-corrected chi connectivity index (χ3v) is 4.43. The molecule has 1 atom stereocenters. The molecule has 4 heteroatoms. The van der Waals surface area contributed by atoms with Crippen molar-refractivity contribution >= 4 is 0 Å². The summed E-state index contributed by atoms with van der Waals surface area (Å²) in [6.07, 6.45) is 3.68. The number of phenolic OH excluding ortho intramolecular Hbond substituents is 1. The normalized spacial score (nSPS) is 19.2. The Hall–Kier alpha value is -1.13. The van der Waals surface area contributed by atoms with E-state index in [0.717, 1.165) is 12.1 Å². The van der Waals surface area contributed by atoms with Crippen molar-refractivity contribution in [1.29, 1.82) is 0 Å². The molecule has 0 aromatic heterocycles. The zero-order valence-electron chi connectivity index (χ0n) is 11.9. The molecule has 2 rings (SSSR count). The van der Waals surface area contributed by atoms with E-state index in [1.165, 1.54) is 31.4 Å². The first kappa shape index (κ1) is 14.3. The first-order valence-corrected chi connectivity index (χ1v) is 6.84. The summed E-state index contributed by atoms with van der Waals surface area (Å²) in [4.78, 5) is 2.28. The summed E-state index contributed by atoms with van der Waals surface area (Å²) in [6, 6.07) is 4.21. The van der Waals surface area contributed by atoms with Crippen molar-refractivity contribution in [2.24, 2.45) is 0 Å². The SMILES string of the molecule is CC(NCC1(N(C)C)CCC1)c1ccc(F)cc1O. The molecule has 0 aliphatic heterocycles. The predicted octanol–water partition coefficient (Wildman–Crippen LogP) is 2.67. The summed E-state index contributed by atoms with van der Waals surface area (Å²) in [7, 11) is 4.22. The maximum Gasteiger partial charge on any atom is 0.126 e. The van der Waals surface area contributed by atoms with E-state index < -0.39 is 5.82 Å². The van der Waals surface area contributed by atoms with Crippen LogP contribution < -0.4 is 5.32 Å². The number of nitrogens with one attached hydrogen (secondary N) is 1. The lowest BCUT2D eigenvalue weighted by atomic mass is 9.75. The standard InChI is InChI=1S/C15H23FN2O/c1-11(13-6-5-12(16)9-14(13)19)17-10-15(18(2)3)7-4-8-15/h5-6,9,11,17,19H,4,7-8,10H2,1-3H3. The molecule has 1 aliphatic rings. The molecule has 0 radical (unpaired) electrons. The minimum absolute atomic E-state index is 0.0121. The van der Waals surface area contributed by atoms with Gasteiger partial charge in [-0.05, 0) is 46.3 Å². The van der Waals surface area contributed by atoms with E-state index >= 15 is 0 Å². The Morgan fingerprint density at radius 3 is 2.58 bits per heavy atom. The second-order valence-electron chi connectivity index (χ2n) is 5.78. The van der Waals surface area contributed by atoms with E-state index in [1.54, 1.807) is 6.07 Å². The molecule has 2 N–H and O–H groups in total. The molecular weight excluding hydrogens is 243 g/mol. The third kappa shape index (κ3) is 2.90. The Labute approximate surface area is 114 Å². The van der Waals surface area contributed by atoms with Crippen LogP contribution in [-0.2, 0) is 0 Å². The Bertz CT molecular complexity index is 444. The highest BCUT2D eigenvalue weighted by atomic mass is 19.1. The van der Waals surface area contributed by atoms with Crippen LogP contribution >= 0.6 is 0 Å². The molecule has 0 heterocycles. The van der Waals surface area contributed by atoms with E-state index in [0.29, 0.717) is 0 Å². The molecule has 0 saturated heterocycles. The first-order chi connectivity index (χ1) is 8.94. The molecule has 1 aliphatic carbocycles. The largest absolute Gasteiger partial charge is 0.508 e. The van der Waals surface area contributed by atoms with Gasteiger partial charge in [0.15, 0.2) is 0 Å². The van der Waals surface area contributed by atoms with Crippen molar-refractivity contribution in [2.45, 2.75) is 37.8 Å². The summed E-state index contributed by atoms with van der Waals surface area (Å²) in [5.41, 5.74) is 0.985. The monoisotopic (exact) mass is 266 g/mol. The van der Waals surface area contributed by atoms with Crippen molar-refractivity contribution in [3.63, 3.8) is 0 Å². The quantitative estimate of drug-likeness (QED) is 0.860. The van der Waals surface area contributed by atoms with Gasteiger partial charge in [0.1, 0.15) is 11.6 Å². The Morgan fingerprint density at radius 1 is 1.42 bits per heavy atom. The molecule has 3 nitrogen and oxygen atoms in total. The number of halogens is 1. The van der Waals surface area contributed by atoms with Crippen LogP contribution in [0.4, 0.5) is 4.39 Å². The van der Waals surface area contributed by atoms with Gasteiger partial charge in [-0.1, -0.05) is 6.07 Å². The minimum atomic E-state index is -0.405. The molecule has 19 heavy (non-hydrogen) atoms. The van der Waals surface area contributed by atoms with E-state index in [-0.39, 0.29) is 17.3 Å². The van der Waals surface area contributed by atoms with Crippen LogP contribution in [0.5, 0.6) is 5.75 Å². The van der Waals surface area contributed by atoms with Gasteiger partial charge >= 0.3 is 0 Å². The number of phenols is 1. The molecule has 106 valence electrons. The average molecular weight is 266 g/mol. The molecule has 0 bridgehead atoms.